The van der Waals surface area contributed by atoms with Gasteiger partial charge in [0, 0.05) is 6.07 Å². The summed E-state index contributed by atoms with van der Waals surface area (Å²) in [6, 6.07) is 6.11. The first-order valence-electron chi connectivity index (χ1n) is 6.66. The molecule has 1 saturated carbocycles. The summed E-state index contributed by atoms with van der Waals surface area (Å²) in [5.41, 5.74) is 0. The summed E-state index contributed by atoms with van der Waals surface area (Å²) in [4.78, 5) is 0. The molecule has 0 bridgehead atoms. The number of halogens is 1. The van der Waals surface area contributed by atoms with E-state index in [1.54, 1.807) is 12.1 Å². The van der Waals surface area contributed by atoms with Crippen molar-refractivity contribution >= 4 is 0 Å². The van der Waals surface area contributed by atoms with Gasteiger partial charge in [-0.2, -0.15) is 0 Å². The summed E-state index contributed by atoms with van der Waals surface area (Å²) in [7, 11) is 0. The normalized spacial score (nSPS) is 28.4. The molecular weight excluding hydrogens is 231 g/mol. The first-order valence-corrected chi connectivity index (χ1v) is 6.66. The number of ether oxygens (including phenoxy) is 1. The number of rotatable bonds is 3. The van der Waals surface area contributed by atoms with E-state index in [0.29, 0.717) is 17.6 Å². The number of hydrogen-bond acceptors (Lipinski definition) is 2. The fourth-order valence-electron chi connectivity index (χ4n) is 2.59. The second kappa shape index (κ2) is 5.70. The molecule has 3 heteroatoms. The fraction of sp³-hybridized carbons (Fsp3) is 0.600. The molecule has 1 aromatic carbocycles. The molecule has 0 amide bonds. The van der Waals surface area contributed by atoms with Gasteiger partial charge in [-0.1, -0.05) is 19.9 Å². The molecule has 0 aromatic heterocycles. The van der Waals surface area contributed by atoms with Gasteiger partial charge >= 0.3 is 0 Å². The second-order valence-electron chi connectivity index (χ2n) is 5.50. The molecule has 2 rings (SSSR count). The van der Waals surface area contributed by atoms with E-state index in [1.807, 2.05) is 0 Å². The predicted molar refractivity (Wildman–Crippen MR) is 69.0 cm³/mol. The van der Waals surface area contributed by atoms with E-state index in [1.165, 1.54) is 12.1 Å². The molecule has 2 nitrogen and oxygen atoms in total. The molecule has 0 heterocycles. The van der Waals surface area contributed by atoms with E-state index in [2.05, 4.69) is 13.8 Å². The van der Waals surface area contributed by atoms with Crippen molar-refractivity contribution in [2.75, 3.05) is 0 Å². The molecule has 100 valence electrons. The lowest BCUT2D eigenvalue weighted by atomic mass is 9.79. The Bertz CT molecular complexity index is 392. The Morgan fingerprint density at radius 2 is 2.11 bits per heavy atom. The highest BCUT2D eigenvalue weighted by Gasteiger charge is 2.32. The van der Waals surface area contributed by atoms with Crippen molar-refractivity contribution in [2.45, 2.75) is 45.3 Å². The molecule has 1 aromatic rings. The Morgan fingerprint density at radius 3 is 2.78 bits per heavy atom. The van der Waals surface area contributed by atoms with Crippen LogP contribution in [0.2, 0.25) is 0 Å². The van der Waals surface area contributed by atoms with Crippen molar-refractivity contribution in [1.29, 1.82) is 0 Å². The van der Waals surface area contributed by atoms with Gasteiger partial charge in [0.15, 0.2) is 0 Å². The van der Waals surface area contributed by atoms with Gasteiger partial charge < -0.3 is 9.84 Å². The largest absolute Gasteiger partial charge is 0.488 e. The lowest BCUT2D eigenvalue weighted by Gasteiger charge is -2.35. The Kier molecular flexibility index (Phi) is 4.23. The summed E-state index contributed by atoms with van der Waals surface area (Å²) in [5.74, 6) is 1.37. The molecular formula is C15H21FO2. The van der Waals surface area contributed by atoms with Crippen LogP contribution in [-0.2, 0) is 0 Å². The van der Waals surface area contributed by atoms with Gasteiger partial charge in [-0.3, -0.25) is 0 Å². The zero-order valence-electron chi connectivity index (χ0n) is 11.0. The van der Waals surface area contributed by atoms with E-state index in [-0.39, 0.29) is 11.9 Å². The standard InChI is InChI=1S/C15H21FO2/c1-10(2)11-6-7-14(17)15(8-11)18-13-5-3-4-12(16)9-13/h3-5,9-11,14-15,17H,6-8H2,1-2H3. The van der Waals surface area contributed by atoms with E-state index in [0.717, 1.165) is 19.3 Å². The molecule has 0 saturated heterocycles. The van der Waals surface area contributed by atoms with Gasteiger partial charge in [-0.15, -0.1) is 0 Å². The van der Waals surface area contributed by atoms with Crippen molar-refractivity contribution in [3.05, 3.63) is 30.1 Å². The quantitative estimate of drug-likeness (QED) is 0.893. The highest BCUT2D eigenvalue weighted by Crippen LogP contribution is 2.32. The average molecular weight is 252 g/mol. The third kappa shape index (κ3) is 3.22. The Hall–Kier alpha value is -1.09. The molecule has 1 aliphatic rings. The number of benzene rings is 1. The maximum absolute atomic E-state index is 13.1. The SMILES string of the molecule is CC(C)C1CCC(O)C(Oc2cccc(F)c2)C1. The van der Waals surface area contributed by atoms with Gasteiger partial charge in [-0.25, -0.2) is 4.39 Å². The van der Waals surface area contributed by atoms with Crippen LogP contribution in [0, 0.1) is 17.7 Å². The number of aliphatic hydroxyl groups excluding tert-OH is 1. The van der Waals surface area contributed by atoms with Crippen LogP contribution < -0.4 is 4.74 Å². The van der Waals surface area contributed by atoms with Crippen molar-refractivity contribution in [3.63, 3.8) is 0 Å². The number of aliphatic hydroxyl groups is 1. The van der Waals surface area contributed by atoms with Gasteiger partial charge in [0.05, 0.1) is 6.10 Å². The Morgan fingerprint density at radius 1 is 1.33 bits per heavy atom. The monoisotopic (exact) mass is 252 g/mol. The van der Waals surface area contributed by atoms with Crippen LogP contribution in [0.5, 0.6) is 5.75 Å². The summed E-state index contributed by atoms with van der Waals surface area (Å²) < 4.78 is 18.8. The lowest BCUT2D eigenvalue weighted by molar-refractivity contribution is -0.0178. The smallest absolute Gasteiger partial charge is 0.126 e. The van der Waals surface area contributed by atoms with E-state index >= 15 is 0 Å². The van der Waals surface area contributed by atoms with Crippen molar-refractivity contribution in [2.24, 2.45) is 11.8 Å². The average Bonchev–Trinajstić information content (AvgIpc) is 2.31. The van der Waals surface area contributed by atoms with Crippen molar-refractivity contribution in [3.8, 4) is 5.75 Å². The van der Waals surface area contributed by atoms with Gasteiger partial charge in [0.2, 0.25) is 0 Å². The van der Waals surface area contributed by atoms with Crippen LogP contribution in [0.1, 0.15) is 33.1 Å². The van der Waals surface area contributed by atoms with E-state index in [9.17, 15) is 9.50 Å². The Labute approximate surface area is 108 Å². The molecule has 0 spiro atoms. The third-order valence-electron chi connectivity index (χ3n) is 3.82. The molecule has 3 atom stereocenters. The van der Waals surface area contributed by atoms with Crippen LogP contribution in [0.15, 0.2) is 24.3 Å². The molecule has 1 N–H and O–H groups in total. The number of hydrogen-bond donors (Lipinski definition) is 1. The van der Waals surface area contributed by atoms with E-state index < -0.39 is 6.10 Å². The summed E-state index contributed by atoms with van der Waals surface area (Å²) in [6.45, 7) is 4.39. The van der Waals surface area contributed by atoms with E-state index in [4.69, 9.17) is 4.74 Å². The van der Waals surface area contributed by atoms with Crippen molar-refractivity contribution in [1.82, 2.24) is 0 Å². The van der Waals surface area contributed by atoms with Gasteiger partial charge in [-0.05, 0) is 43.2 Å². The topological polar surface area (TPSA) is 29.5 Å². The summed E-state index contributed by atoms with van der Waals surface area (Å²) >= 11 is 0. The summed E-state index contributed by atoms with van der Waals surface area (Å²) in [6.07, 6.45) is 2.00. The predicted octanol–water partition coefficient (Wildman–Crippen LogP) is 3.39. The molecule has 18 heavy (non-hydrogen) atoms. The van der Waals surface area contributed by atoms with Gasteiger partial charge in [0.1, 0.15) is 17.7 Å². The van der Waals surface area contributed by atoms with Crippen LogP contribution >= 0.6 is 0 Å². The first kappa shape index (κ1) is 13.3. The Balaban J connectivity index is 2.02. The van der Waals surface area contributed by atoms with Gasteiger partial charge in [0.25, 0.3) is 0 Å². The van der Waals surface area contributed by atoms with Crippen LogP contribution in [0.25, 0.3) is 0 Å². The zero-order valence-corrected chi connectivity index (χ0v) is 11.0. The fourth-order valence-corrected chi connectivity index (χ4v) is 2.59. The highest BCUT2D eigenvalue weighted by molar-refractivity contribution is 5.22. The highest BCUT2D eigenvalue weighted by atomic mass is 19.1. The minimum Gasteiger partial charge on any atom is -0.488 e. The molecule has 1 aliphatic carbocycles. The molecule has 1 fully saturated rings. The third-order valence-corrected chi connectivity index (χ3v) is 3.82. The minimum absolute atomic E-state index is 0.215. The lowest BCUT2D eigenvalue weighted by Crippen LogP contribution is -2.39. The van der Waals surface area contributed by atoms with Crippen LogP contribution in [0.4, 0.5) is 4.39 Å². The maximum atomic E-state index is 13.1. The summed E-state index contributed by atoms with van der Waals surface area (Å²) in [5, 5.41) is 9.98. The second-order valence-corrected chi connectivity index (χ2v) is 5.50. The molecule has 0 aliphatic heterocycles. The van der Waals surface area contributed by atoms with Crippen LogP contribution in [-0.4, -0.2) is 17.3 Å². The molecule has 0 radical (unpaired) electrons. The molecule has 3 unspecified atom stereocenters. The zero-order chi connectivity index (χ0) is 13.1. The minimum atomic E-state index is -0.441. The van der Waals surface area contributed by atoms with Crippen LogP contribution in [0.3, 0.4) is 0 Å². The maximum Gasteiger partial charge on any atom is 0.126 e. The van der Waals surface area contributed by atoms with Crippen molar-refractivity contribution < 1.29 is 14.2 Å². The first-order chi connectivity index (χ1) is 8.56.